The molecule has 9 heavy (non-hydrogen) atoms. The molecule has 50 valence electrons. The third kappa shape index (κ3) is 1.28. The first-order chi connectivity index (χ1) is 4.11. The van der Waals surface area contributed by atoms with Gasteiger partial charge in [0.15, 0.2) is 0 Å². The Morgan fingerprint density at radius 1 is 1.56 bits per heavy atom. The first-order valence-electron chi connectivity index (χ1n) is 2.67. The highest BCUT2D eigenvalue weighted by Gasteiger charge is 2.10. The van der Waals surface area contributed by atoms with Crippen molar-refractivity contribution in [1.82, 2.24) is 9.55 Å². The van der Waals surface area contributed by atoms with E-state index in [0.29, 0.717) is 0 Å². The lowest BCUT2D eigenvalue weighted by atomic mass is 10.4. The van der Waals surface area contributed by atoms with Crippen molar-refractivity contribution in [2.45, 2.75) is 12.7 Å². The molecule has 0 bridgehead atoms. The van der Waals surface area contributed by atoms with Crippen molar-refractivity contribution < 1.29 is 0 Å². The molecule has 0 fully saturated rings. The molecule has 0 aliphatic rings. The zero-order valence-electron chi connectivity index (χ0n) is 5.28. The average Bonchev–Trinajstić information content (AvgIpc) is 2.08. The van der Waals surface area contributed by atoms with Gasteiger partial charge in [-0.2, -0.15) is 0 Å². The summed E-state index contributed by atoms with van der Waals surface area (Å²) in [5.41, 5.74) is 11.0. The van der Waals surface area contributed by atoms with Crippen LogP contribution < -0.4 is 11.5 Å². The summed E-state index contributed by atoms with van der Waals surface area (Å²) >= 11 is 0. The molecule has 1 heterocycles. The highest BCUT2D eigenvalue weighted by molar-refractivity contribution is 4.81. The van der Waals surface area contributed by atoms with Crippen molar-refractivity contribution >= 4 is 0 Å². The molecule has 1 aromatic rings. The van der Waals surface area contributed by atoms with E-state index in [0.717, 1.165) is 0 Å². The standard InChI is InChI=1S/C5H10N4/c1-5(6,7)9-3-2-8-4-9/h2-4H,6-7H2,1H3. The minimum absolute atomic E-state index is 0.823. The third-order valence-electron chi connectivity index (χ3n) is 1.06. The van der Waals surface area contributed by atoms with Crippen LogP contribution in [0.4, 0.5) is 0 Å². The Morgan fingerprint density at radius 2 is 2.22 bits per heavy atom. The molecular formula is C5H10N4. The van der Waals surface area contributed by atoms with E-state index >= 15 is 0 Å². The van der Waals surface area contributed by atoms with Crippen molar-refractivity contribution in [2.75, 3.05) is 0 Å². The number of hydrogen-bond acceptors (Lipinski definition) is 3. The maximum atomic E-state index is 5.50. The van der Waals surface area contributed by atoms with Crippen LogP contribution in [0.2, 0.25) is 0 Å². The minimum atomic E-state index is -0.823. The molecule has 0 spiro atoms. The molecule has 0 amide bonds. The smallest absolute Gasteiger partial charge is 0.142 e. The van der Waals surface area contributed by atoms with Crippen LogP contribution in [-0.4, -0.2) is 9.55 Å². The molecule has 4 heteroatoms. The summed E-state index contributed by atoms with van der Waals surface area (Å²) in [5.74, 6) is -0.823. The largest absolute Gasteiger partial charge is 0.306 e. The van der Waals surface area contributed by atoms with Gasteiger partial charge in [0.25, 0.3) is 0 Å². The van der Waals surface area contributed by atoms with Crippen molar-refractivity contribution in [3.63, 3.8) is 0 Å². The van der Waals surface area contributed by atoms with Crippen molar-refractivity contribution in [3.05, 3.63) is 18.7 Å². The lowest BCUT2D eigenvalue weighted by molar-refractivity contribution is 0.346. The van der Waals surface area contributed by atoms with Gasteiger partial charge in [0.05, 0.1) is 6.33 Å². The summed E-state index contributed by atoms with van der Waals surface area (Å²) in [4.78, 5) is 3.79. The van der Waals surface area contributed by atoms with Crippen LogP contribution in [-0.2, 0) is 5.79 Å². The molecule has 0 saturated carbocycles. The first kappa shape index (κ1) is 6.25. The maximum absolute atomic E-state index is 5.50. The SMILES string of the molecule is CC(N)(N)n1ccnc1. The van der Waals surface area contributed by atoms with Gasteiger partial charge in [0.2, 0.25) is 0 Å². The van der Waals surface area contributed by atoms with E-state index in [4.69, 9.17) is 11.5 Å². The molecule has 0 atom stereocenters. The van der Waals surface area contributed by atoms with Crippen LogP contribution in [0.5, 0.6) is 0 Å². The van der Waals surface area contributed by atoms with Crippen LogP contribution in [0.25, 0.3) is 0 Å². The number of nitrogens with zero attached hydrogens (tertiary/aromatic N) is 2. The predicted molar refractivity (Wildman–Crippen MR) is 34.2 cm³/mol. The molecular weight excluding hydrogens is 116 g/mol. The Balaban J connectivity index is 2.90. The fourth-order valence-electron chi connectivity index (χ4n) is 0.544. The van der Waals surface area contributed by atoms with Crippen LogP contribution in [0.1, 0.15) is 6.92 Å². The Kier molecular flexibility index (Phi) is 1.27. The first-order valence-corrected chi connectivity index (χ1v) is 2.67. The fourth-order valence-corrected chi connectivity index (χ4v) is 0.544. The number of imidazole rings is 1. The molecule has 0 unspecified atom stereocenters. The number of aromatic nitrogens is 2. The van der Waals surface area contributed by atoms with Gasteiger partial charge in [0, 0.05) is 12.4 Å². The summed E-state index contributed by atoms with van der Waals surface area (Å²) in [5, 5.41) is 0. The molecule has 0 aliphatic heterocycles. The van der Waals surface area contributed by atoms with E-state index in [1.165, 1.54) is 0 Å². The van der Waals surface area contributed by atoms with E-state index in [9.17, 15) is 0 Å². The fraction of sp³-hybridized carbons (Fsp3) is 0.400. The summed E-state index contributed by atoms with van der Waals surface area (Å²) in [6.45, 7) is 1.70. The second-order valence-electron chi connectivity index (χ2n) is 2.20. The normalized spacial score (nSPS) is 11.9. The second kappa shape index (κ2) is 1.82. The Morgan fingerprint density at radius 3 is 2.44 bits per heavy atom. The lowest BCUT2D eigenvalue weighted by Crippen LogP contribution is -2.47. The van der Waals surface area contributed by atoms with Crippen LogP contribution >= 0.6 is 0 Å². The minimum Gasteiger partial charge on any atom is -0.306 e. The zero-order valence-corrected chi connectivity index (χ0v) is 5.28. The summed E-state index contributed by atoms with van der Waals surface area (Å²) in [6, 6.07) is 0. The maximum Gasteiger partial charge on any atom is 0.142 e. The van der Waals surface area contributed by atoms with Gasteiger partial charge in [-0.1, -0.05) is 0 Å². The quantitative estimate of drug-likeness (QED) is 0.495. The second-order valence-corrected chi connectivity index (χ2v) is 2.20. The van der Waals surface area contributed by atoms with Gasteiger partial charge in [-0.25, -0.2) is 4.98 Å². The van der Waals surface area contributed by atoms with E-state index in [1.807, 2.05) is 0 Å². The van der Waals surface area contributed by atoms with E-state index in [2.05, 4.69) is 4.98 Å². The highest BCUT2D eigenvalue weighted by atomic mass is 15.3. The Hall–Kier alpha value is -0.870. The predicted octanol–water partition coefficient (Wildman–Crippen LogP) is -0.569. The summed E-state index contributed by atoms with van der Waals surface area (Å²) < 4.78 is 1.63. The molecule has 4 N–H and O–H groups in total. The van der Waals surface area contributed by atoms with Crippen molar-refractivity contribution in [1.29, 1.82) is 0 Å². The monoisotopic (exact) mass is 126 g/mol. The number of rotatable bonds is 1. The molecule has 0 radical (unpaired) electrons. The highest BCUT2D eigenvalue weighted by Crippen LogP contribution is 1.96. The molecule has 1 aromatic heterocycles. The van der Waals surface area contributed by atoms with Crippen molar-refractivity contribution in [3.8, 4) is 0 Å². The summed E-state index contributed by atoms with van der Waals surface area (Å²) in [7, 11) is 0. The molecule has 4 nitrogen and oxygen atoms in total. The average molecular weight is 126 g/mol. The van der Waals surface area contributed by atoms with Gasteiger partial charge in [-0.3, -0.25) is 11.5 Å². The number of hydrogen-bond donors (Lipinski definition) is 2. The van der Waals surface area contributed by atoms with E-state index in [-0.39, 0.29) is 0 Å². The van der Waals surface area contributed by atoms with Gasteiger partial charge in [-0.15, -0.1) is 0 Å². The van der Waals surface area contributed by atoms with E-state index < -0.39 is 5.79 Å². The van der Waals surface area contributed by atoms with Crippen LogP contribution in [0, 0.1) is 0 Å². The Labute approximate surface area is 53.5 Å². The molecule has 0 aliphatic carbocycles. The summed E-state index contributed by atoms with van der Waals surface area (Å²) in [6.07, 6.45) is 4.94. The zero-order chi connectivity index (χ0) is 6.91. The molecule has 0 aromatic carbocycles. The topological polar surface area (TPSA) is 69.9 Å². The van der Waals surface area contributed by atoms with Gasteiger partial charge < -0.3 is 4.57 Å². The third-order valence-corrected chi connectivity index (χ3v) is 1.06. The number of nitrogens with two attached hydrogens (primary N) is 2. The van der Waals surface area contributed by atoms with Gasteiger partial charge in [0.1, 0.15) is 5.79 Å². The lowest BCUT2D eigenvalue weighted by Gasteiger charge is -2.19. The van der Waals surface area contributed by atoms with E-state index in [1.54, 1.807) is 30.2 Å². The molecule has 0 saturated heterocycles. The van der Waals surface area contributed by atoms with Gasteiger partial charge >= 0.3 is 0 Å². The van der Waals surface area contributed by atoms with Crippen LogP contribution in [0.15, 0.2) is 18.7 Å². The Bertz CT molecular complexity index is 171. The van der Waals surface area contributed by atoms with Gasteiger partial charge in [-0.05, 0) is 6.92 Å². The van der Waals surface area contributed by atoms with Crippen LogP contribution in [0.3, 0.4) is 0 Å². The molecule has 1 rings (SSSR count). The van der Waals surface area contributed by atoms with Crippen molar-refractivity contribution in [2.24, 2.45) is 11.5 Å².